The summed E-state index contributed by atoms with van der Waals surface area (Å²) in [6.07, 6.45) is 0. The van der Waals surface area contributed by atoms with Crippen LogP contribution in [-0.2, 0) is 16.1 Å². The number of halogens is 1. The van der Waals surface area contributed by atoms with Gasteiger partial charge in [-0.1, -0.05) is 34.1 Å². The number of amides is 2. The Morgan fingerprint density at radius 3 is 2.39 bits per heavy atom. The fraction of sp³-hybridized carbons (Fsp3) is 0.211. The maximum Gasteiger partial charge on any atom is 0.244 e. The van der Waals surface area contributed by atoms with E-state index in [0.29, 0.717) is 5.82 Å². The van der Waals surface area contributed by atoms with Crippen LogP contribution in [0.4, 0.5) is 5.69 Å². The van der Waals surface area contributed by atoms with Crippen LogP contribution in [-0.4, -0.2) is 38.6 Å². The predicted octanol–water partition coefficient (Wildman–Crippen LogP) is 2.47. The number of nitrogens with one attached hydrogen (secondary N) is 2. The number of aryl methyl sites for hydroxylation is 2. The predicted molar refractivity (Wildman–Crippen MR) is 109 cm³/mol. The van der Waals surface area contributed by atoms with Crippen LogP contribution < -0.4 is 10.6 Å². The van der Waals surface area contributed by atoms with Gasteiger partial charge in [-0.05, 0) is 54.5 Å². The zero-order valence-electron chi connectivity index (χ0n) is 15.4. The van der Waals surface area contributed by atoms with Crippen molar-refractivity contribution in [1.29, 1.82) is 0 Å². The van der Waals surface area contributed by atoms with Crippen LogP contribution in [0.3, 0.4) is 0 Å². The molecule has 144 valence electrons. The highest BCUT2D eigenvalue weighted by atomic mass is 79.9. The number of hydrogen-bond acceptors (Lipinski definition) is 5. The van der Waals surface area contributed by atoms with Gasteiger partial charge < -0.3 is 10.6 Å². The van der Waals surface area contributed by atoms with Crippen LogP contribution in [0.2, 0.25) is 0 Å². The Hall–Kier alpha value is -3.07. The van der Waals surface area contributed by atoms with Crippen molar-refractivity contribution in [2.45, 2.75) is 20.4 Å². The lowest BCUT2D eigenvalue weighted by molar-refractivity contribution is -0.124. The van der Waals surface area contributed by atoms with Gasteiger partial charge in [0, 0.05) is 15.7 Å². The molecule has 2 amide bonds. The molecule has 2 aromatic carbocycles. The molecule has 9 heteroatoms. The van der Waals surface area contributed by atoms with E-state index in [0.717, 1.165) is 26.9 Å². The molecular formula is C19H19BrN6O2. The highest BCUT2D eigenvalue weighted by Crippen LogP contribution is 2.19. The number of tetrazole rings is 1. The summed E-state index contributed by atoms with van der Waals surface area (Å²) in [6, 6.07) is 13.2. The zero-order valence-corrected chi connectivity index (χ0v) is 17.0. The second kappa shape index (κ2) is 8.75. The molecule has 0 bridgehead atoms. The van der Waals surface area contributed by atoms with Crippen molar-refractivity contribution in [1.82, 2.24) is 25.5 Å². The molecule has 0 atom stereocenters. The summed E-state index contributed by atoms with van der Waals surface area (Å²) in [7, 11) is 0. The van der Waals surface area contributed by atoms with Gasteiger partial charge in [0.25, 0.3) is 0 Å². The van der Waals surface area contributed by atoms with Gasteiger partial charge in [0.05, 0.1) is 6.54 Å². The lowest BCUT2D eigenvalue weighted by Crippen LogP contribution is -2.35. The van der Waals surface area contributed by atoms with Crippen molar-refractivity contribution in [2.24, 2.45) is 0 Å². The first-order valence-electron chi connectivity index (χ1n) is 8.59. The second-order valence-corrected chi connectivity index (χ2v) is 7.16. The molecule has 0 aliphatic heterocycles. The number of nitrogens with zero attached hydrogens (tertiary/aromatic N) is 4. The average Bonchev–Trinajstić information content (AvgIpc) is 3.12. The number of aromatic nitrogens is 4. The van der Waals surface area contributed by atoms with Crippen molar-refractivity contribution in [3.8, 4) is 11.4 Å². The van der Waals surface area contributed by atoms with Crippen LogP contribution in [0.5, 0.6) is 0 Å². The molecule has 0 saturated carbocycles. The summed E-state index contributed by atoms with van der Waals surface area (Å²) < 4.78 is 0.946. The fourth-order valence-electron chi connectivity index (χ4n) is 2.58. The minimum atomic E-state index is -0.378. The Morgan fingerprint density at radius 2 is 1.71 bits per heavy atom. The molecule has 2 N–H and O–H groups in total. The zero-order chi connectivity index (χ0) is 20.1. The maximum absolute atomic E-state index is 12.1. The largest absolute Gasteiger partial charge is 0.345 e. The number of carbonyl (C=O) groups is 2. The third kappa shape index (κ3) is 5.01. The normalized spacial score (nSPS) is 10.5. The van der Waals surface area contributed by atoms with Gasteiger partial charge >= 0.3 is 0 Å². The van der Waals surface area contributed by atoms with Gasteiger partial charge in [-0.2, -0.15) is 4.80 Å². The van der Waals surface area contributed by atoms with Gasteiger partial charge in [-0.3, -0.25) is 9.59 Å². The summed E-state index contributed by atoms with van der Waals surface area (Å²) in [5, 5.41) is 17.4. The second-order valence-electron chi connectivity index (χ2n) is 6.24. The van der Waals surface area contributed by atoms with Crippen LogP contribution in [0.1, 0.15) is 11.1 Å². The van der Waals surface area contributed by atoms with Crippen LogP contribution >= 0.6 is 15.9 Å². The van der Waals surface area contributed by atoms with Gasteiger partial charge in [0.2, 0.25) is 17.6 Å². The molecule has 0 unspecified atom stereocenters. The van der Waals surface area contributed by atoms with E-state index in [1.165, 1.54) is 4.80 Å². The molecule has 0 saturated heterocycles. The van der Waals surface area contributed by atoms with Gasteiger partial charge in [0.15, 0.2) is 0 Å². The molecule has 8 nitrogen and oxygen atoms in total. The van der Waals surface area contributed by atoms with E-state index in [4.69, 9.17) is 0 Å². The number of hydrogen-bond donors (Lipinski definition) is 2. The Balaban J connectivity index is 1.52. The molecular weight excluding hydrogens is 424 g/mol. The molecule has 0 spiro atoms. The van der Waals surface area contributed by atoms with Gasteiger partial charge in [0.1, 0.15) is 6.54 Å². The SMILES string of the molecule is Cc1cccc(C)c1NC(=O)CNC(=O)Cn1nnc(-c2ccc(Br)cc2)n1. The summed E-state index contributed by atoms with van der Waals surface area (Å²) >= 11 is 3.37. The molecule has 1 aromatic heterocycles. The van der Waals surface area contributed by atoms with Gasteiger partial charge in [-0.15, -0.1) is 10.2 Å². The molecule has 28 heavy (non-hydrogen) atoms. The minimum absolute atomic E-state index is 0.125. The summed E-state index contributed by atoms with van der Waals surface area (Å²) in [4.78, 5) is 25.4. The monoisotopic (exact) mass is 442 g/mol. The number of benzene rings is 2. The quantitative estimate of drug-likeness (QED) is 0.610. The highest BCUT2D eigenvalue weighted by Gasteiger charge is 2.12. The Morgan fingerprint density at radius 1 is 1.04 bits per heavy atom. The highest BCUT2D eigenvalue weighted by molar-refractivity contribution is 9.10. The van der Waals surface area contributed by atoms with Gasteiger partial charge in [-0.25, -0.2) is 0 Å². The minimum Gasteiger partial charge on any atom is -0.345 e. The Kier molecular flexibility index (Phi) is 6.15. The van der Waals surface area contributed by atoms with E-state index >= 15 is 0 Å². The van der Waals surface area contributed by atoms with E-state index in [1.54, 1.807) is 0 Å². The van der Waals surface area contributed by atoms with E-state index in [9.17, 15) is 9.59 Å². The first kappa shape index (κ1) is 19.7. The Bertz CT molecular complexity index is 980. The third-order valence-corrected chi connectivity index (χ3v) is 4.56. The lowest BCUT2D eigenvalue weighted by atomic mass is 10.1. The third-order valence-electron chi connectivity index (χ3n) is 4.03. The molecule has 0 aliphatic rings. The van der Waals surface area contributed by atoms with E-state index in [-0.39, 0.29) is 24.9 Å². The average molecular weight is 443 g/mol. The fourth-order valence-corrected chi connectivity index (χ4v) is 2.85. The van der Waals surface area contributed by atoms with E-state index < -0.39 is 0 Å². The number of anilines is 1. The number of para-hydroxylation sites is 1. The van der Waals surface area contributed by atoms with E-state index in [1.807, 2.05) is 56.3 Å². The van der Waals surface area contributed by atoms with Crippen LogP contribution in [0.15, 0.2) is 46.9 Å². The maximum atomic E-state index is 12.1. The van der Waals surface area contributed by atoms with Crippen molar-refractivity contribution < 1.29 is 9.59 Å². The lowest BCUT2D eigenvalue weighted by Gasteiger charge is -2.11. The standard InChI is InChI=1S/C19H19BrN6O2/c1-12-4-3-5-13(2)18(12)22-16(27)10-21-17(28)11-26-24-19(23-25-26)14-6-8-15(20)9-7-14/h3-9H,10-11H2,1-2H3,(H,21,28)(H,22,27). The molecule has 3 aromatic rings. The first-order chi connectivity index (χ1) is 13.4. The summed E-state index contributed by atoms with van der Waals surface area (Å²) in [6.45, 7) is 3.57. The Labute approximate surface area is 170 Å². The van der Waals surface area contributed by atoms with Crippen molar-refractivity contribution >= 4 is 33.4 Å². The topological polar surface area (TPSA) is 102 Å². The smallest absolute Gasteiger partial charge is 0.244 e. The van der Waals surface area contributed by atoms with Crippen molar-refractivity contribution in [3.63, 3.8) is 0 Å². The van der Waals surface area contributed by atoms with E-state index in [2.05, 4.69) is 42.0 Å². The molecule has 1 heterocycles. The number of carbonyl (C=O) groups excluding carboxylic acids is 2. The first-order valence-corrected chi connectivity index (χ1v) is 9.38. The van der Waals surface area contributed by atoms with Crippen LogP contribution in [0, 0.1) is 13.8 Å². The summed E-state index contributed by atoms with van der Waals surface area (Å²) in [5.41, 5.74) is 3.49. The van der Waals surface area contributed by atoms with Crippen molar-refractivity contribution in [3.05, 3.63) is 58.1 Å². The molecule has 3 rings (SSSR count). The number of rotatable bonds is 6. The summed E-state index contributed by atoms with van der Waals surface area (Å²) in [5.74, 6) is -0.252. The van der Waals surface area contributed by atoms with Crippen molar-refractivity contribution in [2.75, 3.05) is 11.9 Å². The van der Waals surface area contributed by atoms with Crippen LogP contribution in [0.25, 0.3) is 11.4 Å². The molecule has 0 aliphatic carbocycles. The molecule has 0 radical (unpaired) electrons. The molecule has 0 fully saturated rings.